The molecule has 0 saturated carbocycles. The van der Waals surface area contributed by atoms with Gasteiger partial charge >= 0.3 is 6.18 Å². The first-order valence-electron chi connectivity index (χ1n) is 8.29. The van der Waals surface area contributed by atoms with E-state index in [4.69, 9.17) is 0 Å². The van der Waals surface area contributed by atoms with Crippen LogP contribution in [0.25, 0.3) is 5.69 Å². The first-order chi connectivity index (χ1) is 13.1. The van der Waals surface area contributed by atoms with E-state index in [1.165, 1.54) is 30.8 Å². The highest BCUT2D eigenvalue weighted by atomic mass is 19.4. The molecular formula is C19H17F3N4O2. The molecule has 2 aromatic heterocycles. The number of nitrogens with zero attached hydrogens (tertiary/aromatic N) is 3. The molecular weight excluding hydrogens is 373 g/mol. The summed E-state index contributed by atoms with van der Waals surface area (Å²) in [6.07, 6.45) is -3.18. The van der Waals surface area contributed by atoms with Gasteiger partial charge in [0.2, 0.25) is 0 Å². The van der Waals surface area contributed by atoms with Crippen LogP contribution >= 0.6 is 0 Å². The van der Waals surface area contributed by atoms with Crippen molar-refractivity contribution in [2.24, 2.45) is 0 Å². The van der Waals surface area contributed by atoms with Crippen molar-refractivity contribution in [2.45, 2.75) is 25.6 Å². The molecule has 0 unspecified atom stereocenters. The van der Waals surface area contributed by atoms with Crippen LogP contribution in [-0.4, -0.2) is 25.8 Å². The fraction of sp³-hybridized carbons (Fsp3) is 0.211. The number of aliphatic hydroxyl groups is 1. The van der Waals surface area contributed by atoms with E-state index in [2.05, 4.69) is 15.4 Å². The summed E-state index contributed by atoms with van der Waals surface area (Å²) >= 11 is 0. The molecule has 0 atom stereocenters. The molecule has 0 aliphatic rings. The lowest BCUT2D eigenvalue weighted by molar-refractivity contribution is -0.141. The molecule has 0 fully saturated rings. The third kappa shape index (κ3) is 4.20. The van der Waals surface area contributed by atoms with Crippen LogP contribution in [0.15, 0.2) is 54.7 Å². The molecule has 0 saturated heterocycles. The zero-order valence-electron chi connectivity index (χ0n) is 15.0. The Labute approximate surface area is 158 Å². The fourth-order valence-electron chi connectivity index (χ4n) is 2.54. The van der Waals surface area contributed by atoms with Crippen LogP contribution in [-0.2, 0) is 11.8 Å². The van der Waals surface area contributed by atoms with Crippen molar-refractivity contribution in [3.8, 4) is 5.69 Å². The molecule has 0 radical (unpaired) electrons. The molecule has 6 nitrogen and oxygen atoms in total. The predicted octanol–water partition coefficient (Wildman–Crippen LogP) is 3.77. The van der Waals surface area contributed by atoms with Gasteiger partial charge in [-0.1, -0.05) is 24.3 Å². The maximum absolute atomic E-state index is 12.8. The number of amides is 1. The molecule has 3 rings (SSSR count). The van der Waals surface area contributed by atoms with Gasteiger partial charge < -0.3 is 10.4 Å². The number of alkyl halides is 3. The smallest absolute Gasteiger partial charge is 0.384 e. The third-order valence-electron chi connectivity index (χ3n) is 3.83. The summed E-state index contributed by atoms with van der Waals surface area (Å²) in [5.74, 6) is -0.843. The van der Waals surface area contributed by atoms with E-state index in [-0.39, 0.29) is 11.4 Å². The highest BCUT2D eigenvalue weighted by Gasteiger charge is 2.33. The average molecular weight is 390 g/mol. The van der Waals surface area contributed by atoms with E-state index in [9.17, 15) is 23.1 Å². The van der Waals surface area contributed by atoms with Gasteiger partial charge in [-0.25, -0.2) is 9.67 Å². The summed E-state index contributed by atoms with van der Waals surface area (Å²) in [5, 5.41) is 17.2. The number of halogens is 3. The highest BCUT2D eigenvalue weighted by Crippen LogP contribution is 2.29. The number of carbonyl (C=O) groups is 1. The lowest BCUT2D eigenvalue weighted by Gasteiger charge is -2.16. The summed E-state index contributed by atoms with van der Waals surface area (Å²) in [6, 6.07) is 12.0. The van der Waals surface area contributed by atoms with E-state index >= 15 is 0 Å². The molecule has 28 heavy (non-hydrogen) atoms. The van der Waals surface area contributed by atoms with Gasteiger partial charge in [-0.3, -0.25) is 4.79 Å². The zero-order valence-corrected chi connectivity index (χ0v) is 15.0. The Hall–Kier alpha value is -3.20. The molecule has 0 spiro atoms. The van der Waals surface area contributed by atoms with Crippen LogP contribution in [0.1, 0.15) is 35.7 Å². The van der Waals surface area contributed by atoms with Crippen molar-refractivity contribution in [2.75, 3.05) is 5.32 Å². The number of hydrogen-bond acceptors (Lipinski definition) is 4. The van der Waals surface area contributed by atoms with Crippen molar-refractivity contribution < 1.29 is 23.1 Å². The van der Waals surface area contributed by atoms with Gasteiger partial charge in [-0.15, -0.1) is 0 Å². The van der Waals surface area contributed by atoms with Crippen molar-refractivity contribution in [1.29, 1.82) is 0 Å². The molecule has 0 aliphatic carbocycles. The SMILES string of the molecule is CC(C)(O)c1nn(-c2ccccc2)cc1NC(=O)c1cccc(C(F)(F)F)n1. The lowest BCUT2D eigenvalue weighted by Crippen LogP contribution is -2.22. The Morgan fingerprint density at radius 3 is 2.36 bits per heavy atom. The molecule has 0 bridgehead atoms. The molecule has 1 amide bonds. The van der Waals surface area contributed by atoms with Crippen molar-refractivity contribution >= 4 is 11.6 Å². The van der Waals surface area contributed by atoms with Gasteiger partial charge in [0.1, 0.15) is 22.7 Å². The Morgan fingerprint density at radius 2 is 1.75 bits per heavy atom. The van der Waals surface area contributed by atoms with E-state index in [1.54, 1.807) is 24.3 Å². The van der Waals surface area contributed by atoms with E-state index in [0.29, 0.717) is 5.69 Å². The Bertz CT molecular complexity index is 992. The average Bonchev–Trinajstić information content (AvgIpc) is 3.06. The van der Waals surface area contributed by atoms with Crippen LogP contribution in [0, 0.1) is 0 Å². The second-order valence-electron chi connectivity index (χ2n) is 6.59. The minimum atomic E-state index is -4.66. The maximum atomic E-state index is 12.8. The van der Waals surface area contributed by atoms with Crippen LogP contribution in [0.5, 0.6) is 0 Å². The summed E-state index contributed by atoms with van der Waals surface area (Å²) in [6.45, 7) is 2.98. The van der Waals surface area contributed by atoms with Crippen molar-refractivity contribution in [1.82, 2.24) is 14.8 Å². The topological polar surface area (TPSA) is 80.0 Å². The van der Waals surface area contributed by atoms with Crippen LogP contribution in [0.3, 0.4) is 0 Å². The summed E-state index contributed by atoms with van der Waals surface area (Å²) in [7, 11) is 0. The quantitative estimate of drug-likeness (QED) is 0.711. The van der Waals surface area contributed by atoms with Crippen LogP contribution in [0.2, 0.25) is 0 Å². The minimum Gasteiger partial charge on any atom is -0.384 e. The van der Waals surface area contributed by atoms with E-state index in [0.717, 1.165) is 12.1 Å². The Kier molecular flexibility index (Phi) is 4.95. The number of anilines is 1. The van der Waals surface area contributed by atoms with E-state index in [1.807, 2.05) is 6.07 Å². The molecule has 0 aliphatic heterocycles. The number of nitrogens with one attached hydrogen (secondary N) is 1. The summed E-state index contributed by atoms with van der Waals surface area (Å²) in [5.41, 5.74) is -1.95. The fourth-order valence-corrected chi connectivity index (χ4v) is 2.54. The second kappa shape index (κ2) is 7.08. The lowest BCUT2D eigenvalue weighted by atomic mass is 10.0. The predicted molar refractivity (Wildman–Crippen MR) is 96.0 cm³/mol. The highest BCUT2D eigenvalue weighted by molar-refractivity contribution is 6.03. The number of rotatable bonds is 4. The number of aromatic nitrogens is 3. The monoisotopic (exact) mass is 390 g/mol. The van der Waals surface area contributed by atoms with Crippen molar-refractivity contribution in [3.05, 3.63) is 71.8 Å². The number of hydrogen-bond donors (Lipinski definition) is 2. The second-order valence-corrected chi connectivity index (χ2v) is 6.59. The molecule has 2 heterocycles. The summed E-state index contributed by atoms with van der Waals surface area (Å²) in [4.78, 5) is 15.8. The summed E-state index contributed by atoms with van der Waals surface area (Å²) < 4.78 is 39.9. The number of benzene rings is 1. The molecule has 2 N–H and O–H groups in total. The standard InChI is InChI=1S/C19H17F3N4O2/c1-18(2,28)16-14(11-26(25-16)12-7-4-3-5-8-12)24-17(27)13-9-6-10-15(23-13)19(20,21)22/h3-11,28H,1-2H3,(H,24,27). The van der Waals surface area contributed by atoms with Gasteiger partial charge in [-0.05, 0) is 38.1 Å². The number of pyridine rings is 1. The normalized spacial score (nSPS) is 12.1. The first kappa shape index (κ1) is 19.6. The van der Waals surface area contributed by atoms with Gasteiger partial charge in [0, 0.05) is 0 Å². The van der Waals surface area contributed by atoms with Crippen LogP contribution < -0.4 is 5.32 Å². The third-order valence-corrected chi connectivity index (χ3v) is 3.83. The first-order valence-corrected chi connectivity index (χ1v) is 8.29. The van der Waals surface area contributed by atoms with Gasteiger partial charge in [0.25, 0.3) is 5.91 Å². The number of carbonyl (C=O) groups excluding carboxylic acids is 1. The van der Waals surface area contributed by atoms with Gasteiger partial charge in [0.15, 0.2) is 0 Å². The van der Waals surface area contributed by atoms with Gasteiger partial charge in [-0.2, -0.15) is 18.3 Å². The van der Waals surface area contributed by atoms with Gasteiger partial charge in [0.05, 0.1) is 17.6 Å². The molecule has 9 heteroatoms. The molecule has 146 valence electrons. The Morgan fingerprint density at radius 1 is 1.07 bits per heavy atom. The number of para-hydroxylation sites is 1. The Balaban J connectivity index is 1.95. The molecule has 3 aromatic rings. The van der Waals surface area contributed by atoms with Crippen LogP contribution in [0.4, 0.5) is 18.9 Å². The molecule has 1 aromatic carbocycles. The van der Waals surface area contributed by atoms with Crippen molar-refractivity contribution in [3.63, 3.8) is 0 Å². The van der Waals surface area contributed by atoms with E-state index < -0.39 is 29.1 Å². The largest absolute Gasteiger partial charge is 0.433 e. The minimum absolute atomic E-state index is 0.164. The maximum Gasteiger partial charge on any atom is 0.433 e. The zero-order chi connectivity index (χ0) is 20.5.